The largest absolute Gasteiger partial charge is 0.756 e. The summed E-state index contributed by atoms with van der Waals surface area (Å²) in [6, 6.07) is 0. The first-order valence-electron chi connectivity index (χ1n) is 36.8. The standard InChI is InChI=1S/C82H136NO8P/c1-6-8-10-12-14-16-18-20-22-24-26-28-30-32-34-36-38-39-40-41-42-43-45-46-48-50-52-54-56-58-60-62-64-66-68-70-72-74-81(84)88-78-80(79-90-92(86,87)89-77-76-83(3,4)5)91-82(85)75-73-71-69-67-65-63-61-59-57-55-53-51-49-47-44-37-35-33-31-29-27-25-23-21-19-17-15-13-11-9-7-2/h8-11,14-17,20-23,26-29,32-35,38-39,44,47,51,53,57,59,80H,6-7,12-13,18-19,24-25,30-31,36-37,40-43,45-46,48-50,52,54-56,58,60-79H2,1-5H3/b10-8-,11-9-,16-14-,17-15-,22-20-,23-21-,28-26-,29-27-,34-32-,35-33-,39-38-,47-44-,53-51-,59-57-. The number of ether oxygens (including phenoxy) is 2. The Morgan fingerprint density at radius 3 is 0.870 bits per heavy atom. The number of phosphoric ester groups is 1. The molecule has 2 unspecified atom stereocenters. The first-order valence-corrected chi connectivity index (χ1v) is 38.3. The zero-order chi connectivity index (χ0) is 66.9. The Kier molecular flexibility index (Phi) is 67.1. The van der Waals surface area contributed by atoms with Gasteiger partial charge in [-0.2, -0.15) is 0 Å². The monoisotopic (exact) mass is 1290 g/mol. The Morgan fingerprint density at radius 2 is 0.587 bits per heavy atom. The molecule has 0 aliphatic carbocycles. The molecule has 0 spiro atoms. The van der Waals surface area contributed by atoms with Crippen molar-refractivity contribution in [1.82, 2.24) is 0 Å². The number of rotatable bonds is 66. The molecule has 0 aliphatic rings. The van der Waals surface area contributed by atoms with Gasteiger partial charge in [-0.25, -0.2) is 0 Å². The van der Waals surface area contributed by atoms with Gasteiger partial charge in [-0.1, -0.05) is 312 Å². The van der Waals surface area contributed by atoms with Crippen LogP contribution in [0.3, 0.4) is 0 Å². The molecule has 0 radical (unpaired) electrons. The van der Waals surface area contributed by atoms with Crippen molar-refractivity contribution in [3.05, 3.63) is 170 Å². The van der Waals surface area contributed by atoms with Crippen molar-refractivity contribution >= 4 is 19.8 Å². The highest BCUT2D eigenvalue weighted by Crippen LogP contribution is 2.38. The third-order valence-electron chi connectivity index (χ3n) is 15.2. The lowest BCUT2D eigenvalue weighted by atomic mass is 10.0. The number of hydrogen-bond acceptors (Lipinski definition) is 8. The molecule has 0 aromatic carbocycles. The molecule has 0 bridgehead atoms. The van der Waals surface area contributed by atoms with E-state index in [2.05, 4.69) is 184 Å². The molecular formula is C82H136NO8P. The SMILES string of the molecule is CC/C=C\C/C=C\C/C=C\C/C=C\C/C=C\C/C=C\C/C=C\C/C=C\CCCCCCCCC(=O)OC(COC(=O)CCCCCCCCCCCCCCCCCCCC/C=C\C/C=C\C/C=C\C/C=C\C/C=C\C/C=C\CC)COP(=O)([O-])OCC[N+](C)(C)C. The third-order valence-corrected chi connectivity index (χ3v) is 16.2. The van der Waals surface area contributed by atoms with Crippen LogP contribution in [-0.4, -0.2) is 70.0 Å². The number of allylic oxidation sites excluding steroid dienone is 28. The summed E-state index contributed by atoms with van der Waals surface area (Å²) in [5.41, 5.74) is 0. The molecule has 0 rings (SSSR count). The van der Waals surface area contributed by atoms with E-state index in [-0.39, 0.29) is 32.0 Å². The van der Waals surface area contributed by atoms with Crippen LogP contribution in [0.1, 0.15) is 284 Å². The van der Waals surface area contributed by atoms with Crippen molar-refractivity contribution in [3.8, 4) is 0 Å². The summed E-state index contributed by atoms with van der Waals surface area (Å²) >= 11 is 0. The summed E-state index contributed by atoms with van der Waals surface area (Å²) in [6.45, 7) is 3.99. The minimum absolute atomic E-state index is 0.0415. The maximum Gasteiger partial charge on any atom is 0.306 e. The molecule has 0 aliphatic heterocycles. The number of hydrogen-bond donors (Lipinski definition) is 0. The molecule has 0 saturated carbocycles. The highest BCUT2D eigenvalue weighted by atomic mass is 31.2. The van der Waals surface area contributed by atoms with Crippen molar-refractivity contribution < 1.29 is 42.1 Å². The van der Waals surface area contributed by atoms with Gasteiger partial charge >= 0.3 is 11.9 Å². The summed E-state index contributed by atoms with van der Waals surface area (Å²) < 4.78 is 34.3. The molecule has 0 aromatic rings. The van der Waals surface area contributed by atoms with E-state index >= 15 is 0 Å². The minimum Gasteiger partial charge on any atom is -0.756 e. The highest BCUT2D eigenvalue weighted by molar-refractivity contribution is 7.45. The van der Waals surface area contributed by atoms with E-state index in [1.165, 1.54) is 103 Å². The number of quaternary nitrogens is 1. The first kappa shape index (κ1) is 87.4. The summed E-state index contributed by atoms with van der Waals surface area (Å²) in [6.07, 6.45) is 107. The van der Waals surface area contributed by atoms with E-state index in [4.69, 9.17) is 18.5 Å². The summed E-state index contributed by atoms with van der Waals surface area (Å²) in [5, 5.41) is 0. The van der Waals surface area contributed by atoms with Crippen molar-refractivity contribution in [1.29, 1.82) is 0 Å². The molecule has 0 fully saturated rings. The Labute approximate surface area is 566 Å². The van der Waals surface area contributed by atoms with Crippen LogP contribution in [-0.2, 0) is 32.7 Å². The van der Waals surface area contributed by atoms with E-state index in [1.54, 1.807) is 0 Å². The fraction of sp³-hybridized carbons (Fsp3) is 0.634. The second-order valence-corrected chi connectivity index (χ2v) is 26.6. The van der Waals surface area contributed by atoms with Crippen LogP contribution >= 0.6 is 7.82 Å². The van der Waals surface area contributed by atoms with Gasteiger partial charge in [0.1, 0.15) is 19.8 Å². The molecule has 0 N–H and O–H groups in total. The van der Waals surface area contributed by atoms with E-state index in [0.29, 0.717) is 17.4 Å². The van der Waals surface area contributed by atoms with Crippen LogP contribution in [0.5, 0.6) is 0 Å². The molecule has 2 atom stereocenters. The van der Waals surface area contributed by atoms with Crippen LogP contribution in [0.25, 0.3) is 0 Å². The predicted molar refractivity (Wildman–Crippen MR) is 396 cm³/mol. The Morgan fingerprint density at radius 1 is 0.337 bits per heavy atom. The van der Waals surface area contributed by atoms with Crippen molar-refractivity contribution in [2.75, 3.05) is 47.5 Å². The number of carbonyl (C=O) groups excluding carboxylic acids is 2. The van der Waals surface area contributed by atoms with Crippen LogP contribution in [0.15, 0.2) is 170 Å². The molecule has 0 amide bonds. The van der Waals surface area contributed by atoms with E-state index in [1.807, 2.05) is 21.1 Å². The number of likely N-dealkylation sites (N-methyl/N-ethyl adjacent to an activating group) is 1. The summed E-state index contributed by atoms with van der Waals surface area (Å²) in [7, 11) is 1.14. The molecular weight excluding hydrogens is 1160 g/mol. The average Bonchev–Trinajstić information content (AvgIpc) is 2.14. The fourth-order valence-electron chi connectivity index (χ4n) is 9.68. The second-order valence-electron chi connectivity index (χ2n) is 25.2. The maximum atomic E-state index is 12.9. The Balaban J connectivity index is 4.08. The van der Waals surface area contributed by atoms with Gasteiger partial charge in [0.2, 0.25) is 0 Å². The smallest absolute Gasteiger partial charge is 0.306 e. The van der Waals surface area contributed by atoms with E-state index in [9.17, 15) is 19.0 Å². The van der Waals surface area contributed by atoms with Gasteiger partial charge in [0.25, 0.3) is 7.82 Å². The lowest BCUT2D eigenvalue weighted by molar-refractivity contribution is -0.870. The molecule has 0 aromatic heterocycles. The van der Waals surface area contributed by atoms with E-state index in [0.717, 1.165) is 148 Å². The number of unbranched alkanes of at least 4 members (excludes halogenated alkanes) is 24. The van der Waals surface area contributed by atoms with Crippen LogP contribution in [0, 0.1) is 0 Å². The Bertz CT molecular complexity index is 2160. The second kappa shape index (κ2) is 70.7. The van der Waals surface area contributed by atoms with Gasteiger partial charge < -0.3 is 27.9 Å². The third kappa shape index (κ3) is 74.4. The average molecular weight is 1290 g/mol. The van der Waals surface area contributed by atoms with Crippen molar-refractivity contribution in [3.63, 3.8) is 0 Å². The number of phosphoric acid groups is 1. The first-order chi connectivity index (χ1) is 45.0. The van der Waals surface area contributed by atoms with Gasteiger partial charge in [-0.3, -0.25) is 14.2 Å². The number of esters is 2. The van der Waals surface area contributed by atoms with Crippen molar-refractivity contribution in [2.45, 2.75) is 290 Å². The normalized spacial score (nSPS) is 14.1. The van der Waals surface area contributed by atoms with Gasteiger partial charge in [-0.15, -0.1) is 0 Å². The van der Waals surface area contributed by atoms with Gasteiger partial charge in [0.15, 0.2) is 6.10 Å². The Hall–Kier alpha value is -4.63. The van der Waals surface area contributed by atoms with Crippen LogP contribution in [0.2, 0.25) is 0 Å². The van der Waals surface area contributed by atoms with Gasteiger partial charge in [0, 0.05) is 12.8 Å². The fourth-order valence-corrected chi connectivity index (χ4v) is 10.4. The van der Waals surface area contributed by atoms with Crippen LogP contribution in [0.4, 0.5) is 0 Å². The maximum absolute atomic E-state index is 12.9. The molecule has 522 valence electrons. The molecule has 10 heteroatoms. The van der Waals surface area contributed by atoms with Crippen molar-refractivity contribution in [2.24, 2.45) is 0 Å². The molecule has 92 heavy (non-hydrogen) atoms. The predicted octanol–water partition coefficient (Wildman–Crippen LogP) is 23.9. The zero-order valence-electron chi connectivity index (χ0n) is 59.4. The minimum atomic E-state index is -4.66. The van der Waals surface area contributed by atoms with E-state index < -0.39 is 26.5 Å². The number of nitrogens with zero attached hydrogens (tertiary/aromatic N) is 1. The van der Waals surface area contributed by atoms with Gasteiger partial charge in [0.05, 0.1) is 27.7 Å². The summed E-state index contributed by atoms with van der Waals surface area (Å²) in [5.74, 6) is -0.854. The highest BCUT2D eigenvalue weighted by Gasteiger charge is 2.22. The molecule has 9 nitrogen and oxygen atoms in total. The molecule has 0 saturated heterocycles. The topological polar surface area (TPSA) is 111 Å². The lowest BCUT2D eigenvalue weighted by Gasteiger charge is -2.28. The molecule has 0 heterocycles. The zero-order valence-corrected chi connectivity index (χ0v) is 60.3. The summed E-state index contributed by atoms with van der Waals surface area (Å²) in [4.78, 5) is 38.1. The quantitative estimate of drug-likeness (QED) is 0.0195. The lowest BCUT2D eigenvalue weighted by Crippen LogP contribution is -2.37. The van der Waals surface area contributed by atoms with Gasteiger partial charge in [-0.05, 0) is 128 Å². The number of carbonyl (C=O) groups is 2. The van der Waals surface area contributed by atoms with Crippen LogP contribution < -0.4 is 4.89 Å².